The highest BCUT2D eigenvalue weighted by atomic mass is 16.6. The van der Waals surface area contributed by atoms with Gasteiger partial charge in [-0.2, -0.15) is 0 Å². The van der Waals surface area contributed by atoms with E-state index >= 15 is 0 Å². The number of nitro groups is 1. The molecule has 18 heavy (non-hydrogen) atoms. The highest BCUT2D eigenvalue weighted by Gasteiger charge is 2.17. The summed E-state index contributed by atoms with van der Waals surface area (Å²) < 4.78 is 0. The van der Waals surface area contributed by atoms with E-state index in [0.29, 0.717) is 0 Å². The molecular formula is C13H16N2O3. The lowest BCUT2D eigenvalue weighted by atomic mass is 10.1. The third-order valence-corrected chi connectivity index (χ3v) is 2.12. The Labute approximate surface area is 106 Å². The third kappa shape index (κ3) is 4.01. The van der Waals surface area contributed by atoms with Crippen LogP contribution in [0.1, 0.15) is 31.1 Å². The molecule has 1 rings (SSSR count). The minimum atomic E-state index is -0.557. The topological polar surface area (TPSA) is 72.2 Å². The lowest BCUT2D eigenvalue weighted by Gasteiger charge is -2.18. The fourth-order valence-electron chi connectivity index (χ4n) is 1.30. The Morgan fingerprint density at radius 2 is 1.94 bits per heavy atom. The van der Waals surface area contributed by atoms with Gasteiger partial charge in [-0.05, 0) is 26.8 Å². The number of nitrogens with zero attached hydrogens (tertiary/aromatic N) is 1. The molecule has 0 aliphatic rings. The molecule has 5 nitrogen and oxygen atoms in total. The van der Waals surface area contributed by atoms with E-state index in [2.05, 4.69) is 5.32 Å². The second-order valence-corrected chi connectivity index (χ2v) is 4.87. The van der Waals surface area contributed by atoms with Crippen LogP contribution < -0.4 is 5.32 Å². The predicted molar refractivity (Wildman–Crippen MR) is 69.5 cm³/mol. The molecule has 5 heteroatoms. The maximum atomic E-state index is 11.8. The quantitative estimate of drug-likeness (QED) is 0.385. The van der Waals surface area contributed by atoms with E-state index in [1.54, 1.807) is 6.07 Å². The number of ketones is 1. The highest BCUT2D eigenvalue weighted by Crippen LogP contribution is 2.18. The van der Waals surface area contributed by atoms with Gasteiger partial charge in [-0.3, -0.25) is 14.9 Å². The Kier molecular flexibility index (Phi) is 4.20. The summed E-state index contributed by atoms with van der Waals surface area (Å²) in [5, 5.41) is 13.8. The van der Waals surface area contributed by atoms with Crippen molar-refractivity contribution in [3.8, 4) is 0 Å². The molecule has 0 aliphatic heterocycles. The largest absolute Gasteiger partial charge is 0.386 e. The van der Waals surface area contributed by atoms with Crippen LogP contribution in [0.4, 0.5) is 5.69 Å². The molecule has 0 aliphatic carbocycles. The van der Waals surface area contributed by atoms with Crippen molar-refractivity contribution < 1.29 is 9.72 Å². The van der Waals surface area contributed by atoms with Crippen LogP contribution in [-0.4, -0.2) is 16.2 Å². The molecule has 0 unspecified atom stereocenters. The molecular weight excluding hydrogens is 232 g/mol. The Bertz CT molecular complexity index is 487. The van der Waals surface area contributed by atoms with Crippen molar-refractivity contribution in [1.82, 2.24) is 5.32 Å². The SMILES string of the molecule is CC(C)(C)NC=CC(=O)c1ccccc1[N+](=O)[O-]. The van der Waals surface area contributed by atoms with Crippen LogP contribution in [0.5, 0.6) is 0 Å². The van der Waals surface area contributed by atoms with E-state index < -0.39 is 4.92 Å². The maximum Gasteiger partial charge on any atom is 0.280 e. The lowest BCUT2D eigenvalue weighted by Crippen LogP contribution is -2.31. The van der Waals surface area contributed by atoms with Gasteiger partial charge in [0.1, 0.15) is 0 Å². The molecule has 0 amide bonds. The summed E-state index contributed by atoms with van der Waals surface area (Å²) in [4.78, 5) is 22.0. The Balaban J connectivity index is 2.88. The minimum absolute atomic E-state index is 0.0921. The first-order valence-corrected chi connectivity index (χ1v) is 5.53. The first kappa shape index (κ1) is 13.9. The van der Waals surface area contributed by atoms with Crippen molar-refractivity contribution in [1.29, 1.82) is 0 Å². The highest BCUT2D eigenvalue weighted by molar-refractivity contribution is 6.07. The molecule has 0 fully saturated rings. The van der Waals surface area contributed by atoms with Gasteiger partial charge in [0.15, 0.2) is 5.78 Å². The van der Waals surface area contributed by atoms with Gasteiger partial charge in [0, 0.05) is 23.9 Å². The number of hydrogen-bond acceptors (Lipinski definition) is 4. The molecule has 96 valence electrons. The van der Waals surface area contributed by atoms with Crippen LogP contribution in [0, 0.1) is 10.1 Å². The summed E-state index contributed by atoms with van der Waals surface area (Å²) in [7, 11) is 0. The summed E-state index contributed by atoms with van der Waals surface area (Å²) in [5.41, 5.74) is -0.239. The van der Waals surface area contributed by atoms with E-state index in [0.717, 1.165) is 0 Å². The van der Waals surface area contributed by atoms with Gasteiger partial charge < -0.3 is 5.32 Å². The summed E-state index contributed by atoms with van der Waals surface area (Å²) >= 11 is 0. The van der Waals surface area contributed by atoms with Crippen LogP contribution >= 0.6 is 0 Å². The van der Waals surface area contributed by atoms with Crippen LogP contribution in [0.3, 0.4) is 0 Å². The average molecular weight is 248 g/mol. The molecule has 0 saturated carbocycles. The summed E-state index contributed by atoms with van der Waals surface area (Å²) in [6.07, 6.45) is 2.81. The standard InChI is InChI=1S/C13H16N2O3/c1-13(2,3)14-9-8-12(16)10-6-4-5-7-11(10)15(17)18/h4-9,14H,1-3H3. The van der Waals surface area contributed by atoms with Crippen molar-refractivity contribution in [2.45, 2.75) is 26.3 Å². The van der Waals surface area contributed by atoms with Crippen molar-refractivity contribution in [3.05, 3.63) is 52.2 Å². The van der Waals surface area contributed by atoms with E-state index in [1.807, 2.05) is 20.8 Å². The fourth-order valence-corrected chi connectivity index (χ4v) is 1.30. The number of benzene rings is 1. The second-order valence-electron chi connectivity index (χ2n) is 4.87. The summed E-state index contributed by atoms with van der Waals surface area (Å²) in [6.45, 7) is 5.85. The van der Waals surface area contributed by atoms with E-state index in [1.165, 1.54) is 30.5 Å². The summed E-state index contributed by atoms with van der Waals surface area (Å²) in [5.74, 6) is -0.390. The second kappa shape index (κ2) is 5.44. The predicted octanol–water partition coefficient (Wildman–Crippen LogP) is 2.68. The number of hydrogen-bond donors (Lipinski definition) is 1. The minimum Gasteiger partial charge on any atom is -0.386 e. The molecule has 1 aromatic carbocycles. The van der Waals surface area contributed by atoms with Crippen molar-refractivity contribution >= 4 is 11.5 Å². The van der Waals surface area contributed by atoms with E-state index in [9.17, 15) is 14.9 Å². The molecule has 1 N–H and O–H groups in total. The van der Waals surface area contributed by atoms with Crippen LogP contribution in [0.25, 0.3) is 0 Å². The zero-order valence-corrected chi connectivity index (χ0v) is 10.6. The van der Waals surface area contributed by atoms with Crippen molar-refractivity contribution in [3.63, 3.8) is 0 Å². The van der Waals surface area contributed by atoms with Gasteiger partial charge in [0.05, 0.1) is 10.5 Å². The van der Waals surface area contributed by atoms with Gasteiger partial charge in [0.25, 0.3) is 5.69 Å². The van der Waals surface area contributed by atoms with Gasteiger partial charge in [-0.1, -0.05) is 12.1 Å². The number of carbonyl (C=O) groups excluding carboxylic acids is 1. The number of allylic oxidation sites excluding steroid dienone is 1. The Hall–Kier alpha value is -2.17. The number of para-hydroxylation sites is 1. The van der Waals surface area contributed by atoms with E-state index in [-0.39, 0.29) is 22.6 Å². The van der Waals surface area contributed by atoms with Crippen molar-refractivity contribution in [2.24, 2.45) is 0 Å². The number of carbonyl (C=O) groups is 1. The first-order chi connectivity index (χ1) is 8.31. The monoisotopic (exact) mass is 248 g/mol. The van der Waals surface area contributed by atoms with Gasteiger partial charge in [-0.15, -0.1) is 0 Å². The van der Waals surface area contributed by atoms with Crippen molar-refractivity contribution in [2.75, 3.05) is 0 Å². The summed E-state index contributed by atoms with van der Waals surface area (Å²) in [6, 6.07) is 5.90. The molecule has 0 aromatic heterocycles. The van der Waals surface area contributed by atoms with Crippen LogP contribution in [0.15, 0.2) is 36.5 Å². The zero-order chi connectivity index (χ0) is 13.8. The smallest absolute Gasteiger partial charge is 0.280 e. The Morgan fingerprint density at radius 1 is 1.33 bits per heavy atom. The normalized spacial score (nSPS) is 11.5. The third-order valence-electron chi connectivity index (χ3n) is 2.12. The molecule has 0 radical (unpaired) electrons. The number of nitro benzene ring substituents is 1. The Morgan fingerprint density at radius 3 is 2.50 bits per heavy atom. The van der Waals surface area contributed by atoms with Crippen LogP contribution in [-0.2, 0) is 0 Å². The molecule has 1 aromatic rings. The molecule has 0 bridgehead atoms. The van der Waals surface area contributed by atoms with Gasteiger partial charge in [-0.25, -0.2) is 0 Å². The van der Waals surface area contributed by atoms with E-state index in [4.69, 9.17) is 0 Å². The number of nitrogens with one attached hydrogen (secondary N) is 1. The first-order valence-electron chi connectivity index (χ1n) is 5.53. The zero-order valence-electron chi connectivity index (χ0n) is 10.6. The lowest BCUT2D eigenvalue weighted by molar-refractivity contribution is -0.385. The number of rotatable bonds is 4. The average Bonchev–Trinajstić information content (AvgIpc) is 2.27. The fraction of sp³-hybridized carbons (Fsp3) is 0.308. The molecule has 0 spiro atoms. The maximum absolute atomic E-state index is 11.8. The molecule has 0 saturated heterocycles. The van der Waals surface area contributed by atoms with Gasteiger partial charge >= 0.3 is 0 Å². The van der Waals surface area contributed by atoms with Gasteiger partial charge in [0.2, 0.25) is 0 Å². The van der Waals surface area contributed by atoms with Crippen LogP contribution in [0.2, 0.25) is 0 Å². The molecule has 0 atom stereocenters. The molecule has 0 heterocycles.